The molecule has 0 N–H and O–H groups in total. The predicted octanol–water partition coefficient (Wildman–Crippen LogP) is 3.65. The largest absolute Gasteiger partial charge is 0.465 e. The molecule has 0 fully saturated rings. The lowest BCUT2D eigenvalue weighted by Crippen LogP contribution is -2.08. The van der Waals surface area contributed by atoms with Crippen LogP contribution in [0.1, 0.15) is 31.2 Å². The van der Waals surface area contributed by atoms with E-state index in [2.05, 4.69) is 78.6 Å². The van der Waals surface area contributed by atoms with Gasteiger partial charge in [-0.15, -0.1) is 0 Å². The number of carbonyl (C=O) groups is 3. The van der Waals surface area contributed by atoms with Crippen molar-refractivity contribution >= 4 is 72.4 Å². The summed E-state index contributed by atoms with van der Waals surface area (Å²) in [5.74, 6) is -1.46. The van der Waals surface area contributed by atoms with Gasteiger partial charge in [0.05, 0.1) is 41.4 Å². The summed E-state index contributed by atoms with van der Waals surface area (Å²) in [5.41, 5.74) is 0.826. The summed E-state index contributed by atoms with van der Waals surface area (Å²) in [4.78, 5) is 41.0. The number of methoxy groups -OCH3 is 3. The van der Waals surface area contributed by atoms with Gasteiger partial charge in [-0.25, -0.2) is 24.4 Å². The van der Waals surface area contributed by atoms with E-state index in [4.69, 9.17) is 0 Å². The fourth-order valence-corrected chi connectivity index (χ4v) is 2.72. The number of rotatable bonds is 3. The standard InChI is InChI=1S/C9H8BrNO4.C7H5BrINO2/c1-14-8(12)5-3-6(10)7(11-4-5)9(13)15-2;1-12-7(11)4-2-5(8)6(9)10-3-4/h3-4H,1-2H3;2-3H,1H3. The molecule has 0 saturated heterocycles. The Hall–Kier alpha value is -1.60. The van der Waals surface area contributed by atoms with Crippen LogP contribution >= 0.6 is 54.5 Å². The fraction of sp³-hybridized carbons (Fsp3) is 0.188. The lowest BCUT2D eigenvalue weighted by molar-refractivity contribution is 0.0580. The van der Waals surface area contributed by atoms with Crippen molar-refractivity contribution in [1.29, 1.82) is 0 Å². The average molecular weight is 616 g/mol. The number of aromatic nitrogens is 2. The van der Waals surface area contributed by atoms with Gasteiger partial charge >= 0.3 is 17.9 Å². The summed E-state index contributed by atoms with van der Waals surface area (Å²) in [5, 5.41) is 0. The van der Waals surface area contributed by atoms with Gasteiger partial charge in [0.1, 0.15) is 3.70 Å². The maximum atomic E-state index is 11.2. The fourth-order valence-electron chi connectivity index (χ4n) is 1.56. The molecule has 2 rings (SSSR count). The first-order chi connectivity index (χ1) is 12.7. The predicted molar refractivity (Wildman–Crippen MR) is 111 cm³/mol. The zero-order chi connectivity index (χ0) is 20.6. The highest BCUT2D eigenvalue weighted by Gasteiger charge is 2.15. The summed E-state index contributed by atoms with van der Waals surface area (Å²) in [6.07, 6.45) is 2.74. The molecule has 2 heterocycles. The molecule has 0 saturated carbocycles. The van der Waals surface area contributed by atoms with E-state index in [1.54, 1.807) is 6.07 Å². The average Bonchev–Trinajstić information content (AvgIpc) is 2.68. The first kappa shape index (κ1) is 23.4. The van der Waals surface area contributed by atoms with Gasteiger partial charge in [-0.3, -0.25) is 0 Å². The van der Waals surface area contributed by atoms with Crippen LogP contribution in [0.4, 0.5) is 0 Å². The number of hydrogen-bond donors (Lipinski definition) is 0. The number of hydrogen-bond acceptors (Lipinski definition) is 8. The van der Waals surface area contributed by atoms with Crippen molar-refractivity contribution in [1.82, 2.24) is 9.97 Å². The van der Waals surface area contributed by atoms with E-state index >= 15 is 0 Å². The number of esters is 3. The number of nitrogens with zero attached hydrogens (tertiary/aromatic N) is 2. The topological polar surface area (TPSA) is 105 Å². The minimum Gasteiger partial charge on any atom is -0.465 e. The maximum absolute atomic E-state index is 11.2. The molecular weight excluding hydrogens is 603 g/mol. The molecule has 0 aromatic carbocycles. The lowest BCUT2D eigenvalue weighted by atomic mass is 10.2. The van der Waals surface area contributed by atoms with Crippen LogP contribution in [-0.2, 0) is 14.2 Å². The van der Waals surface area contributed by atoms with Crippen LogP contribution in [-0.4, -0.2) is 49.2 Å². The first-order valence-corrected chi connectivity index (χ1v) is 9.63. The summed E-state index contributed by atoms with van der Waals surface area (Å²) in [7, 11) is 3.86. The molecule has 0 aliphatic carbocycles. The van der Waals surface area contributed by atoms with E-state index in [9.17, 15) is 14.4 Å². The quantitative estimate of drug-likeness (QED) is 0.223. The Balaban J connectivity index is 0.000000277. The van der Waals surface area contributed by atoms with Crippen LogP contribution in [0.2, 0.25) is 0 Å². The molecule has 2 aromatic rings. The van der Waals surface area contributed by atoms with E-state index < -0.39 is 11.9 Å². The van der Waals surface area contributed by atoms with Gasteiger partial charge in [0, 0.05) is 12.4 Å². The minimum absolute atomic E-state index is 0.116. The molecule has 2 aromatic heterocycles. The summed E-state index contributed by atoms with van der Waals surface area (Å²) >= 11 is 8.45. The van der Waals surface area contributed by atoms with E-state index in [0.717, 1.165) is 8.17 Å². The Morgan fingerprint density at radius 1 is 0.815 bits per heavy atom. The van der Waals surface area contributed by atoms with Crippen LogP contribution < -0.4 is 0 Å². The van der Waals surface area contributed by atoms with Gasteiger partial charge in [-0.1, -0.05) is 0 Å². The second-order valence-corrected chi connectivity index (χ2v) is 7.26. The first-order valence-electron chi connectivity index (χ1n) is 6.96. The molecule has 0 radical (unpaired) electrons. The highest BCUT2D eigenvalue weighted by Crippen LogP contribution is 2.18. The van der Waals surface area contributed by atoms with E-state index in [-0.39, 0.29) is 17.2 Å². The van der Waals surface area contributed by atoms with Crippen molar-refractivity contribution in [3.63, 3.8) is 0 Å². The molecule has 0 bridgehead atoms. The van der Waals surface area contributed by atoms with Crippen molar-refractivity contribution in [3.05, 3.63) is 54.0 Å². The van der Waals surface area contributed by atoms with Crippen molar-refractivity contribution in [3.8, 4) is 0 Å². The molecule has 0 aliphatic heterocycles. The number of ether oxygens (including phenoxy) is 3. The highest BCUT2D eigenvalue weighted by molar-refractivity contribution is 14.1. The number of pyridine rings is 2. The third kappa shape index (κ3) is 6.81. The van der Waals surface area contributed by atoms with Crippen LogP contribution in [0, 0.1) is 3.70 Å². The molecular formula is C16H13Br2IN2O6. The molecule has 0 unspecified atom stereocenters. The van der Waals surface area contributed by atoms with E-state index in [0.29, 0.717) is 10.0 Å². The van der Waals surface area contributed by atoms with Crippen LogP contribution in [0.5, 0.6) is 0 Å². The van der Waals surface area contributed by atoms with Gasteiger partial charge in [-0.05, 0) is 66.6 Å². The number of carbonyl (C=O) groups excluding carboxylic acids is 3. The SMILES string of the molecule is COC(=O)c1cnc(C(=O)OC)c(Br)c1.COC(=O)c1cnc(I)c(Br)c1. The maximum Gasteiger partial charge on any atom is 0.357 e. The monoisotopic (exact) mass is 614 g/mol. The highest BCUT2D eigenvalue weighted by atomic mass is 127. The van der Waals surface area contributed by atoms with Crippen molar-refractivity contribution in [2.75, 3.05) is 21.3 Å². The van der Waals surface area contributed by atoms with Gasteiger partial charge in [0.2, 0.25) is 0 Å². The minimum atomic E-state index is -0.571. The summed E-state index contributed by atoms with van der Waals surface area (Å²) in [6.45, 7) is 0. The molecule has 0 atom stereocenters. The molecule has 11 heteroatoms. The zero-order valence-electron chi connectivity index (χ0n) is 14.3. The third-order valence-corrected chi connectivity index (χ3v) is 5.67. The summed E-state index contributed by atoms with van der Waals surface area (Å²) < 4.78 is 15.5. The van der Waals surface area contributed by atoms with Gasteiger partial charge < -0.3 is 14.2 Å². The second kappa shape index (κ2) is 11.3. The molecule has 0 amide bonds. The molecule has 0 spiro atoms. The molecule has 144 valence electrons. The Labute approximate surface area is 185 Å². The van der Waals surface area contributed by atoms with Gasteiger partial charge in [0.15, 0.2) is 5.69 Å². The Bertz CT molecular complexity index is 863. The smallest absolute Gasteiger partial charge is 0.357 e. The van der Waals surface area contributed by atoms with E-state index in [1.807, 2.05) is 0 Å². The Kier molecular flexibility index (Phi) is 9.80. The molecule has 0 aliphatic rings. The van der Waals surface area contributed by atoms with Crippen molar-refractivity contribution < 1.29 is 28.6 Å². The van der Waals surface area contributed by atoms with Gasteiger partial charge in [0.25, 0.3) is 0 Å². The second-order valence-electron chi connectivity index (χ2n) is 4.53. The van der Waals surface area contributed by atoms with E-state index in [1.165, 1.54) is 39.8 Å². The van der Waals surface area contributed by atoms with Crippen LogP contribution in [0.15, 0.2) is 33.5 Å². The van der Waals surface area contributed by atoms with Crippen LogP contribution in [0.3, 0.4) is 0 Å². The summed E-state index contributed by atoms with van der Waals surface area (Å²) in [6, 6.07) is 3.13. The normalized spacial score (nSPS) is 9.56. The zero-order valence-corrected chi connectivity index (χ0v) is 19.6. The lowest BCUT2D eigenvalue weighted by Gasteiger charge is -2.03. The Morgan fingerprint density at radius 2 is 1.26 bits per heavy atom. The van der Waals surface area contributed by atoms with Crippen molar-refractivity contribution in [2.24, 2.45) is 0 Å². The number of halogens is 3. The van der Waals surface area contributed by atoms with Crippen molar-refractivity contribution in [2.45, 2.75) is 0 Å². The molecule has 8 nitrogen and oxygen atoms in total. The molecule has 27 heavy (non-hydrogen) atoms. The third-order valence-electron chi connectivity index (χ3n) is 2.86. The van der Waals surface area contributed by atoms with Gasteiger partial charge in [-0.2, -0.15) is 0 Å². The van der Waals surface area contributed by atoms with Crippen LogP contribution in [0.25, 0.3) is 0 Å². The Morgan fingerprint density at radius 3 is 1.67 bits per heavy atom.